The van der Waals surface area contributed by atoms with Crippen molar-refractivity contribution in [2.45, 2.75) is 62.0 Å². The van der Waals surface area contributed by atoms with Gasteiger partial charge in [0.05, 0.1) is 4.90 Å². The van der Waals surface area contributed by atoms with E-state index in [0.717, 1.165) is 12.2 Å². The molecule has 3 fully saturated rings. The Hall–Kier alpha value is -0.850. The lowest BCUT2D eigenvalue weighted by molar-refractivity contribution is 0.471. The first kappa shape index (κ1) is 13.8. The molecule has 0 aliphatic heterocycles. The summed E-state index contributed by atoms with van der Waals surface area (Å²) in [6.07, 6.45) is 8.78. The molecule has 6 heteroatoms. The molecule has 1 aromatic rings. The average Bonchev–Trinajstić information content (AvgIpc) is 3.32. The fraction of sp³-hybridized carbons (Fsp3) is 0.733. The van der Waals surface area contributed by atoms with E-state index in [1.807, 2.05) is 0 Å². The highest BCUT2D eigenvalue weighted by Gasteiger charge is 2.43. The molecule has 3 aliphatic rings. The summed E-state index contributed by atoms with van der Waals surface area (Å²) in [5.41, 5.74) is 0.941. The number of nitrogens with one attached hydrogen (secondary N) is 3. The summed E-state index contributed by atoms with van der Waals surface area (Å²) in [6, 6.07) is 2.55. The minimum Gasteiger partial charge on any atom is -0.363 e. The summed E-state index contributed by atoms with van der Waals surface area (Å²) in [7, 11) is -3.38. The topological polar surface area (TPSA) is 74.0 Å². The van der Waals surface area contributed by atoms with Crippen molar-refractivity contribution < 1.29 is 8.42 Å². The molecule has 5 nitrogen and oxygen atoms in total. The van der Waals surface area contributed by atoms with E-state index in [1.165, 1.54) is 38.5 Å². The molecule has 0 amide bonds. The van der Waals surface area contributed by atoms with Gasteiger partial charge in [-0.2, -0.15) is 0 Å². The molecular weight excluding hydrogens is 286 g/mol. The second kappa shape index (κ2) is 5.11. The van der Waals surface area contributed by atoms with Crippen LogP contribution in [0.1, 0.15) is 44.2 Å². The summed E-state index contributed by atoms with van der Waals surface area (Å²) < 4.78 is 28.0. The van der Waals surface area contributed by atoms with Gasteiger partial charge in [0.15, 0.2) is 0 Å². The third kappa shape index (κ3) is 3.33. The van der Waals surface area contributed by atoms with Gasteiger partial charge < -0.3 is 10.3 Å². The molecule has 4 rings (SSSR count). The highest BCUT2D eigenvalue weighted by atomic mass is 32.2. The second-order valence-electron chi connectivity index (χ2n) is 6.84. The van der Waals surface area contributed by atoms with Crippen LogP contribution in [0.15, 0.2) is 17.2 Å². The molecule has 116 valence electrons. The quantitative estimate of drug-likeness (QED) is 0.685. The van der Waals surface area contributed by atoms with Crippen LogP contribution in [-0.2, 0) is 16.6 Å². The lowest BCUT2D eigenvalue weighted by Gasteiger charge is -2.16. The molecule has 0 aromatic carbocycles. The third-order valence-electron chi connectivity index (χ3n) is 4.74. The maximum Gasteiger partial charge on any atom is 0.242 e. The summed E-state index contributed by atoms with van der Waals surface area (Å²) in [5, 5.41) is 3.39. The van der Waals surface area contributed by atoms with Crippen LogP contribution in [0.2, 0.25) is 0 Å². The minimum absolute atomic E-state index is 0.165. The fourth-order valence-electron chi connectivity index (χ4n) is 2.95. The van der Waals surface area contributed by atoms with Gasteiger partial charge in [-0.25, -0.2) is 13.1 Å². The number of aromatic amines is 1. The van der Waals surface area contributed by atoms with E-state index < -0.39 is 10.0 Å². The van der Waals surface area contributed by atoms with E-state index in [2.05, 4.69) is 15.0 Å². The van der Waals surface area contributed by atoms with Crippen molar-refractivity contribution in [3.63, 3.8) is 0 Å². The maximum atomic E-state index is 12.5. The predicted octanol–water partition coefficient (Wildman–Crippen LogP) is 1.73. The van der Waals surface area contributed by atoms with Crippen molar-refractivity contribution in [1.82, 2.24) is 15.0 Å². The Morgan fingerprint density at radius 2 is 1.81 bits per heavy atom. The van der Waals surface area contributed by atoms with E-state index in [0.29, 0.717) is 22.8 Å². The second-order valence-corrected chi connectivity index (χ2v) is 8.55. The zero-order valence-corrected chi connectivity index (χ0v) is 13.0. The van der Waals surface area contributed by atoms with Crippen molar-refractivity contribution >= 4 is 10.0 Å². The Morgan fingerprint density at radius 1 is 1.14 bits per heavy atom. The van der Waals surface area contributed by atoms with Crippen molar-refractivity contribution in [1.29, 1.82) is 0 Å². The van der Waals surface area contributed by atoms with Gasteiger partial charge in [-0.1, -0.05) is 0 Å². The number of sulfonamides is 1. The van der Waals surface area contributed by atoms with E-state index in [1.54, 1.807) is 12.3 Å². The van der Waals surface area contributed by atoms with Gasteiger partial charge in [-0.15, -0.1) is 0 Å². The molecule has 3 N–H and O–H groups in total. The van der Waals surface area contributed by atoms with Crippen LogP contribution in [0.4, 0.5) is 0 Å². The summed E-state index contributed by atoms with van der Waals surface area (Å²) in [5.74, 6) is 1.14. The zero-order chi connectivity index (χ0) is 14.4. The maximum absolute atomic E-state index is 12.5. The number of hydrogen-bond donors (Lipinski definition) is 3. The number of aromatic nitrogens is 1. The molecule has 0 radical (unpaired) electrons. The Balaban J connectivity index is 1.42. The molecule has 1 heterocycles. The van der Waals surface area contributed by atoms with Crippen LogP contribution in [0.3, 0.4) is 0 Å². The van der Waals surface area contributed by atoms with E-state index >= 15 is 0 Å². The summed E-state index contributed by atoms with van der Waals surface area (Å²) >= 11 is 0. The van der Waals surface area contributed by atoms with Crippen molar-refractivity contribution in [2.24, 2.45) is 11.8 Å². The van der Waals surface area contributed by atoms with Crippen molar-refractivity contribution in [3.05, 3.63) is 18.0 Å². The molecule has 0 unspecified atom stereocenters. The first-order chi connectivity index (χ1) is 10.1. The fourth-order valence-corrected chi connectivity index (χ4v) is 4.34. The van der Waals surface area contributed by atoms with E-state index in [-0.39, 0.29) is 6.04 Å². The van der Waals surface area contributed by atoms with Gasteiger partial charge in [0.25, 0.3) is 0 Å². The van der Waals surface area contributed by atoms with Gasteiger partial charge in [0.2, 0.25) is 10.0 Å². The van der Waals surface area contributed by atoms with Crippen molar-refractivity contribution in [3.8, 4) is 0 Å². The van der Waals surface area contributed by atoms with Crippen LogP contribution in [-0.4, -0.2) is 25.5 Å². The van der Waals surface area contributed by atoms with Gasteiger partial charge in [-0.3, -0.25) is 0 Å². The molecule has 0 saturated heterocycles. The third-order valence-corrected chi connectivity index (χ3v) is 6.17. The lowest BCUT2D eigenvalue weighted by Crippen LogP contribution is -2.37. The van der Waals surface area contributed by atoms with Crippen LogP contribution in [0.5, 0.6) is 0 Å². The summed E-state index contributed by atoms with van der Waals surface area (Å²) in [6.45, 7) is 0.717. The first-order valence-corrected chi connectivity index (χ1v) is 9.53. The van der Waals surface area contributed by atoms with E-state index in [4.69, 9.17) is 0 Å². The minimum atomic E-state index is -3.38. The van der Waals surface area contributed by atoms with Crippen LogP contribution in [0.25, 0.3) is 0 Å². The Bertz CT molecular complexity index is 601. The predicted molar refractivity (Wildman–Crippen MR) is 80.2 cm³/mol. The van der Waals surface area contributed by atoms with Crippen LogP contribution in [0, 0.1) is 11.8 Å². The van der Waals surface area contributed by atoms with Gasteiger partial charge in [0.1, 0.15) is 0 Å². The molecule has 3 saturated carbocycles. The number of hydrogen-bond acceptors (Lipinski definition) is 3. The van der Waals surface area contributed by atoms with E-state index in [9.17, 15) is 8.42 Å². The smallest absolute Gasteiger partial charge is 0.242 e. The molecule has 3 aliphatic carbocycles. The number of H-pyrrole nitrogens is 1. The molecule has 1 aromatic heterocycles. The number of rotatable bonds is 8. The normalized spacial score (nSPS) is 22.9. The van der Waals surface area contributed by atoms with Gasteiger partial charge >= 0.3 is 0 Å². The largest absolute Gasteiger partial charge is 0.363 e. The SMILES string of the molecule is O=S(=O)(NC(C1CC1)C1CC1)c1c[nH]c(CNC2CC2)c1. The Labute approximate surface area is 125 Å². The zero-order valence-electron chi connectivity index (χ0n) is 12.1. The Kier molecular flexibility index (Phi) is 3.35. The monoisotopic (exact) mass is 309 g/mol. The van der Waals surface area contributed by atoms with Crippen LogP contribution >= 0.6 is 0 Å². The average molecular weight is 309 g/mol. The van der Waals surface area contributed by atoms with Gasteiger partial charge in [-0.05, 0) is 56.4 Å². The van der Waals surface area contributed by atoms with Crippen LogP contribution < -0.4 is 10.0 Å². The Morgan fingerprint density at radius 3 is 2.38 bits per heavy atom. The standard InChI is InChI=1S/C15H23N3O2S/c19-21(20,18-15(10-1-2-10)11-3-4-11)14-7-13(17-9-14)8-16-12-5-6-12/h7,9-12,15-18H,1-6,8H2. The molecular formula is C15H23N3O2S. The van der Waals surface area contributed by atoms with Crippen molar-refractivity contribution in [2.75, 3.05) is 0 Å². The highest BCUT2D eigenvalue weighted by Crippen LogP contribution is 2.45. The van der Waals surface area contributed by atoms with Gasteiger partial charge in [0, 0.05) is 30.5 Å². The molecule has 0 atom stereocenters. The molecule has 0 spiro atoms. The lowest BCUT2D eigenvalue weighted by atomic mass is 10.1. The highest BCUT2D eigenvalue weighted by molar-refractivity contribution is 7.89. The summed E-state index contributed by atoms with van der Waals surface area (Å²) in [4.78, 5) is 3.45. The molecule has 21 heavy (non-hydrogen) atoms. The first-order valence-electron chi connectivity index (χ1n) is 8.05. The molecule has 0 bridgehead atoms.